The smallest absolute Gasteiger partial charge is 0.255 e. The van der Waals surface area contributed by atoms with Crippen LogP contribution in [0, 0.1) is 5.82 Å². The number of amides is 1. The van der Waals surface area contributed by atoms with Gasteiger partial charge in [0.05, 0.1) is 5.56 Å². The van der Waals surface area contributed by atoms with Gasteiger partial charge in [-0.2, -0.15) is 0 Å². The van der Waals surface area contributed by atoms with Crippen LogP contribution in [0.3, 0.4) is 0 Å². The third kappa shape index (κ3) is 2.75. The van der Waals surface area contributed by atoms with Crippen molar-refractivity contribution in [3.05, 3.63) is 65.0 Å². The number of carbonyl (C=O) groups is 1. The fourth-order valence-corrected chi connectivity index (χ4v) is 2.77. The molecule has 0 saturated carbocycles. The molecule has 0 atom stereocenters. The maximum Gasteiger partial charge on any atom is 0.255 e. The third-order valence-corrected chi connectivity index (χ3v) is 3.95. The largest absolute Gasteiger partial charge is 0.398 e. The van der Waals surface area contributed by atoms with Crippen molar-refractivity contribution in [1.29, 1.82) is 0 Å². The maximum absolute atomic E-state index is 13.1. The zero-order chi connectivity index (χ0) is 14.8. The fraction of sp³-hybridized carbons (Fsp3) is 0.235. The molecule has 1 aliphatic rings. The Morgan fingerprint density at radius 3 is 2.24 bits per heavy atom. The number of nitrogens with zero attached hydrogens (tertiary/aromatic N) is 1. The molecular weight excluding hydrogens is 267 g/mol. The summed E-state index contributed by atoms with van der Waals surface area (Å²) in [6.45, 7) is 1.32. The number of nitrogens with two attached hydrogens (primary N) is 1. The highest BCUT2D eigenvalue weighted by molar-refractivity contribution is 5.99. The molecule has 0 unspecified atom stereocenters. The van der Waals surface area contributed by atoms with E-state index in [1.54, 1.807) is 4.90 Å². The third-order valence-electron chi connectivity index (χ3n) is 3.95. The maximum atomic E-state index is 13.1. The first-order chi connectivity index (χ1) is 10.1. The van der Waals surface area contributed by atoms with E-state index in [0.717, 1.165) is 12.8 Å². The molecule has 1 aliphatic heterocycles. The number of carbonyl (C=O) groups excluding carboxylic acids is 1. The Hall–Kier alpha value is -2.36. The van der Waals surface area contributed by atoms with Gasteiger partial charge in [-0.05, 0) is 42.2 Å². The van der Waals surface area contributed by atoms with Gasteiger partial charge in [-0.15, -0.1) is 0 Å². The number of halogens is 1. The highest BCUT2D eigenvalue weighted by Crippen LogP contribution is 2.20. The van der Waals surface area contributed by atoms with E-state index in [1.807, 2.05) is 12.1 Å². The Bertz CT molecular complexity index is 657. The van der Waals surface area contributed by atoms with Gasteiger partial charge in [0.2, 0.25) is 0 Å². The standard InChI is InChI=1S/C17H17FN2O/c18-14-5-6-15(16(19)11-14)17(21)20-9-7-12-3-1-2-4-13(12)8-10-20/h1-6,11H,7-10,19H2. The molecule has 0 fully saturated rings. The molecule has 2 aromatic rings. The first kappa shape index (κ1) is 13.6. The minimum Gasteiger partial charge on any atom is -0.398 e. The first-order valence-corrected chi connectivity index (χ1v) is 7.06. The number of anilines is 1. The Labute approximate surface area is 123 Å². The number of benzene rings is 2. The lowest BCUT2D eigenvalue weighted by atomic mass is 10.0. The second-order valence-corrected chi connectivity index (χ2v) is 5.29. The van der Waals surface area contributed by atoms with Crippen LogP contribution in [0.25, 0.3) is 0 Å². The highest BCUT2D eigenvalue weighted by Gasteiger charge is 2.21. The van der Waals surface area contributed by atoms with Gasteiger partial charge in [-0.1, -0.05) is 24.3 Å². The summed E-state index contributed by atoms with van der Waals surface area (Å²) in [6, 6.07) is 12.2. The summed E-state index contributed by atoms with van der Waals surface area (Å²) in [6.07, 6.45) is 1.67. The number of hydrogen-bond donors (Lipinski definition) is 1. The van der Waals surface area contributed by atoms with Crippen LogP contribution in [-0.2, 0) is 12.8 Å². The van der Waals surface area contributed by atoms with Gasteiger partial charge in [-0.25, -0.2) is 4.39 Å². The molecule has 0 radical (unpaired) electrons. The summed E-state index contributed by atoms with van der Waals surface area (Å²) in [5.41, 5.74) is 8.92. The lowest BCUT2D eigenvalue weighted by Gasteiger charge is -2.21. The lowest BCUT2D eigenvalue weighted by Crippen LogP contribution is -2.33. The van der Waals surface area contributed by atoms with Crippen molar-refractivity contribution in [3.8, 4) is 0 Å². The van der Waals surface area contributed by atoms with Crippen LogP contribution >= 0.6 is 0 Å². The van der Waals surface area contributed by atoms with Gasteiger partial charge in [0.25, 0.3) is 5.91 Å². The zero-order valence-electron chi connectivity index (χ0n) is 11.7. The van der Waals surface area contributed by atoms with E-state index in [0.29, 0.717) is 18.7 Å². The molecule has 0 aliphatic carbocycles. The quantitative estimate of drug-likeness (QED) is 0.818. The molecule has 0 bridgehead atoms. The predicted molar refractivity (Wildman–Crippen MR) is 80.6 cm³/mol. The van der Waals surface area contributed by atoms with Crippen molar-refractivity contribution in [2.75, 3.05) is 18.8 Å². The average Bonchev–Trinajstić information content (AvgIpc) is 2.69. The minimum absolute atomic E-state index is 0.125. The predicted octanol–water partition coefficient (Wildman–Crippen LogP) is 2.65. The number of nitrogen functional groups attached to an aromatic ring is 1. The molecule has 4 heteroatoms. The summed E-state index contributed by atoms with van der Waals surface area (Å²) < 4.78 is 13.1. The molecule has 1 amide bonds. The minimum atomic E-state index is -0.424. The van der Waals surface area contributed by atoms with E-state index in [4.69, 9.17) is 5.73 Å². The van der Waals surface area contributed by atoms with Crippen molar-refractivity contribution in [2.24, 2.45) is 0 Å². The molecule has 0 saturated heterocycles. The molecular formula is C17H17FN2O. The monoisotopic (exact) mass is 284 g/mol. The van der Waals surface area contributed by atoms with Crippen LogP contribution in [0.4, 0.5) is 10.1 Å². The topological polar surface area (TPSA) is 46.3 Å². The van der Waals surface area contributed by atoms with Crippen LogP contribution in [0.1, 0.15) is 21.5 Å². The van der Waals surface area contributed by atoms with Gasteiger partial charge in [0, 0.05) is 18.8 Å². The molecule has 2 aromatic carbocycles. The molecule has 0 aromatic heterocycles. The fourth-order valence-electron chi connectivity index (χ4n) is 2.77. The Morgan fingerprint density at radius 1 is 1.05 bits per heavy atom. The Morgan fingerprint density at radius 2 is 1.67 bits per heavy atom. The van der Waals surface area contributed by atoms with Crippen molar-refractivity contribution >= 4 is 11.6 Å². The molecule has 2 N–H and O–H groups in total. The van der Waals surface area contributed by atoms with E-state index < -0.39 is 5.82 Å². The number of rotatable bonds is 1. The second-order valence-electron chi connectivity index (χ2n) is 5.29. The SMILES string of the molecule is Nc1cc(F)ccc1C(=O)N1CCc2ccccc2CC1. The van der Waals surface area contributed by atoms with Gasteiger partial charge in [0.15, 0.2) is 0 Å². The van der Waals surface area contributed by atoms with E-state index in [-0.39, 0.29) is 11.6 Å². The van der Waals surface area contributed by atoms with Crippen LogP contribution in [0.2, 0.25) is 0 Å². The summed E-state index contributed by atoms with van der Waals surface area (Å²) in [7, 11) is 0. The lowest BCUT2D eigenvalue weighted by molar-refractivity contribution is 0.0764. The van der Waals surface area contributed by atoms with E-state index in [9.17, 15) is 9.18 Å². The molecule has 21 heavy (non-hydrogen) atoms. The summed E-state index contributed by atoms with van der Waals surface area (Å²) >= 11 is 0. The van der Waals surface area contributed by atoms with E-state index in [2.05, 4.69) is 12.1 Å². The van der Waals surface area contributed by atoms with Crippen molar-refractivity contribution in [2.45, 2.75) is 12.8 Å². The normalized spacial score (nSPS) is 14.4. The van der Waals surface area contributed by atoms with Gasteiger partial charge in [0.1, 0.15) is 5.82 Å². The average molecular weight is 284 g/mol. The number of fused-ring (bicyclic) bond motifs is 1. The Balaban J connectivity index is 1.81. The first-order valence-electron chi connectivity index (χ1n) is 7.06. The Kier molecular flexibility index (Phi) is 3.60. The van der Waals surface area contributed by atoms with Crippen molar-refractivity contribution < 1.29 is 9.18 Å². The van der Waals surface area contributed by atoms with Gasteiger partial charge < -0.3 is 10.6 Å². The van der Waals surface area contributed by atoms with E-state index in [1.165, 1.54) is 29.3 Å². The van der Waals surface area contributed by atoms with Crippen molar-refractivity contribution in [1.82, 2.24) is 4.90 Å². The molecule has 0 spiro atoms. The summed E-state index contributed by atoms with van der Waals surface area (Å²) in [5.74, 6) is -0.548. The zero-order valence-corrected chi connectivity index (χ0v) is 11.7. The second kappa shape index (κ2) is 5.56. The number of hydrogen-bond acceptors (Lipinski definition) is 2. The molecule has 1 heterocycles. The highest BCUT2D eigenvalue weighted by atomic mass is 19.1. The summed E-state index contributed by atoms with van der Waals surface area (Å²) in [5, 5.41) is 0. The van der Waals surface area contributed by atoms with Crippen molar-refractivity contribution in [3.63, 3.8) is 0 Å². The molecule has 3 rings (SSSR count). The molecule has 3 nitrogen and oxygen atoms in total. The van der Waals surface area contributed by atoms with Crippen LogP contribution in [0.15, 0.2) is 42.5 Å². The van der Waals surface area contributed by atoms with Crippen LogP contribution in [0.5, 0.6) is 0 Å². The van der Waals surface area contributed by atoms with E-state index >= 15 is 0 Å². The summed E-state index contributed by atoms with van der Waals surface area (Å²) in [4.78, 5) is 14.4. The van der Waals surface area contributed by atoms with Gasteiger partial charge in [-0.3, -0.25) is 4.79 Å². The van der Waals surface area contributed by atoms with Gasteiger partial charge >= 0.3 is 0 Å². The molecule has 108 valence electrons. The van der Waals surface area contributed by atoms with Crippen LogP contribution < -0.4 is 5.73 Å². The van der Waals surface area contributed by atoms with Crippen LogP contribution in [-0.4, -0.2) is 23.9 Å².